The minimum atomic E-state index is -0.185. The van der Waals surface area contributed by atoms with Crippen molar-refractivity contribution >= 4 is 10.9 Å². The van der Waals surface area contributed by atoms with Gasteiger partial charge in [0, 0.05) is 11.4 Å². The van der Waals surface area contributed by atoms with Gasteiger partial charge in [0.2, 0.25) is 11.7 Å². The van der Waals surface area contributed by atoms with Gasteiger partial charge < -0.3 is 9.51 Å². The Balaban J connectivity index is 1.74. The van der Waals surface area contributed by atoms with Crippen LogP contribution in [0.5, 0.6) is 0 Å². The van der Waals surface area contributed by atoms with Crippen molar-refractivity contribution in [1.29, 1.82) is 0 Å². The van der Waals surface area contributed by atoms with Gasteiger partial charge in [0.05, 0.1) is 5.56 Å². The van der Waals surface area contributed by atoms with E-state index in [2.05, 4.69) is 15.1 Å². The highest BCUT2D eigenvalue weighted by atomic mass is 16.5. The molecular weight excluding hydrogens is 278 g/mol. The molecule has 22 heavy (non-hydrogen) atoms. The number of H-pyrrole nitrogens is 1. The smallest absolute Gasteiger partial charge is 0.259 e. The Hall–Kier alpha value is -2.43. The number of hydrogen-bond donors (Lipinski definition) is 1. The topological polar surface area (TPSA) is 71.8 Å². The summed E-state index contributed by atoms with van der Waals surface area (Å²) >= 11 is 0. The molecule has 2 heterocycles. The molecule has 1 N–H and O–H groups in total. The molecule has 112 valence electrons. The number of benzene rings is 1. The lowest BCUT2D eigenvalue weighted by Crippen LogP contribution is -2.09. The average molecular weight is 295 g/mol. The summed E-state index contributed by atoms with van der Waals surface area (Å²) in [5, 5.41) is 4.98. The van der Waals surface area contributed by atoms with Crippen molar-refractivity contribution < 1.29 is 4.52 Å². The fourth-order valence-electron chi connectivity index (χ4n) is 3.17. The van der Waals surface area contributed by atoms with E-state index in [0.29, 0.717) is 23.2 Å². The molecule has 0 radical (unpaired) electrons. The first-order valence-corrected chi connectivity index (χ1v) is 7.77. The third-order valence-corrected chi connectivity index (χ3v) is 4.39. The van der Waals surface area contributed by atoms with E-state index in [1.807, 2.05) is 30.3 Å². The van der Waals surface area contributed by atoms with Crippen LogP contribution in [-0.2, 0) is 0 Å². The van der Waals surface area contributed by atoms with Crippen LogP contribution in [-0.4, -0.2) is 15.1 Å². The van der Waals surface area contributed by atoms with Gasteiger partial charge >= 0.3 is 0 Å². The van der Waals surface area contributed by atoms with Crippen molar-refractivity contribution in [3.63, 3.8) is 0 Å². The first-order chi connectivity index (χ1) is 10.8. The number of aromatic amines is 1. The van der Waals surface area contributed by atoms with Crippen LogP contribution < -0.4 is 5.56 Å². The SMILES string of the molecule is O=c1[nH]c2ccccc2cc1-c1noc(C2CCCCC2)n1. The molecule has 5 heteroatoms. The largest absolute Gasteiger partial charge is 0.339 e. The zero-order valence-electron chi connectivity index (χ0n) is 12.2. The van der Waals surface area contributed by atoms with E-state index in [0.717, 1.165) is 23.7 Å². The second-order valence-corrected chi connectivity index (χ2v) is 5.89. The summed E-state index contributed by atoms with van der Waals surface area (Å²) in [5.74, 6) is 1.39. The van der Waals surface area contributed by atoms with Crippen LogP contribution in [0.4, 0.5) is 0 Å². The molecular formula is C17H17N3O2. The van der Waals surface area contributed by atoms with E-state index in [-0.39, 0.29) is 5.56 Å². The van der Waals surface area contributed by atoms with E-state index in [4.69, 9.17) is 4.52 Å². The minimum absolute atomic E-state index is 0.185. The highest BCUT2D eigenvalue weighted by molar-refractivity contribution is 5.82. The Kier molecular flexibility index (Phi) is 3.25. The lowest BCUT2D eigenvalue weighted by Gasteiger charge is -2.17. The van der Waals surface area contributed by atoms with Crippen LogP contribution in [0.3, 0.4) is 0 Å². The molecule has 4 rings (SSSR count). The molecule has 1 fully saturated rings. The summed E-state index contributed by atoms with van der Waals surface area (Å²) in [6.07, 6.45) is 5.88. The first kappa shape index (κ1) is 13.2. The van der Waals surface area contributed by atoms with Crippen LogP contribution in [0, 0.1) is 0 Å². The number of nitrogens with one attached hydrogen (secondary N) is 1. The maximum atomic E-state index is 12.2. The molecule has 1 aliphatic carbocycles. The molecule has 5 nitrogen and oxygen atoms in total. The lowest BCUT2D eigenvalue weighted by atomic mass is 9.89. The van der Waals surface area contributed by atoms with Gasteiger partial charge in [-0.15, -0.1) is 0 Å². The molecule has 0 atom stereocenters. The van der Waals surface area contributed by atoms with Gasteiger partial charge in [-0.3, -0.25) is 4.79 Å². The van der Waals surface area contributed by atoms with Gasteiger partial charge in [-0.05, 0) is 30.4 Å². The van der Waals surface area contributed by atoms with E-state index in [1.165, 1.54) is 19.3 Å². The quantitative estimate of drug-likeness (QED) is 0.783. The number of hydrogen-bond acceptors (Lipinski definition) is 4. The standard InChI is InChI=1S/C17H17N3O2/c21-16-13(10-12-8-4-5-9-14(12)18-16)15-19-17(22-20-15)11-6-2-1-3-7-11/h4-5,8-11H,1-3,6-7H2,(H,18,21). The third-order valence-electron chi connectivity index (χ3n) is 4.39. The number of aromatic nitrogens is 3. The van der Waals surface area contributed by atoms with Crippen LogP contribution in [0.25, 0.3) is 22.3 Å². The molecule has 2 aromatic heterocycles. The zero-order chi connectivity index (χ0) is 14.9. The van der Waals surface area contributed by atoms with E-state index < -0.39 is 0 Å². The summed E-state index contributed by atoms with van der Waals surface area (Å²) in [6, 6.07) is 9.49. The van der Waals surface area contributed by atoms with E-state index in [9.17, 15) is 4.79 Å². The Morgan fingerprint density at radius 3 is 2.82 bits per heavy atom. The fourth-order valence-corrected chi connectivity index (χ4v) is 3.17. The predicted molar refractivity (Wildman–Crippen MR) is 83.7 cm³/mol. The van der Waals surface area contributed by atoms with Crippen LogP contribution in [0.2, 0.25) is 0 Å². The predicted octanol–water partition coefficient (Wildman–Crippen LogP) is 3.63. The van der Waals surface area contributed by atoms with Crippen LogP contribution in [0.1, 0.15) is 43.9 Å². The highest BCUT2D eigenvalue weighted by Gasteiger charge is 2.22. The van der Waals surface area contributed by atoms with Crippen LogP contribution >= 0.6 is 0 Å². The number of fused-ring (bicyclic) bond motifs is 1. The maximum absolute atomic E-state index is 12.2. The number of rotatable bonds is 2. The molecule has 1 saturated carbocycles. The summed E-state index contributed by atoms with van der Waals surface area (Å²) in [7, 11) is 0. The van der Waals surface area contributed by atoms with Crippen molar-refractivity contribution in [3.05, 3.63) is 46.6 Å². The summed E-state index contributed by atoms with van der Waals surface area (Å²) in [6.45, 7) is 0. The first-order valence-electron chi connectivity index (χ1n) is 7.77. The molecule has 3 aromatic rings. The molecule has 0 unspecified atom stereocenters. The van der Waals surface area contributed by atoms with Crippen molar-refractivity contribution in [2.45, 2.75) is 38.0 Å². The van der Waals surface area contributed by atoms with Gasteiger partial charge in [0.25, 0.3) is 5.56 Å². The number of pyridine rings is 1. The molecule has 0 spiro atoms. The normalized spacial score (nSPS) is 16.2. The van der Waals surface area contributed by atoms with E-state index >= 15 is 0 Å². The third kappa shape index (κ3) is 2.32. The Bertz CT molecular complexity index is 859. The molecule has 1 aromatic carbocycles. The second-order valence-electron chi connectivity index (χ2n) is 5.89. The molecule has 1 aliphatic rings. The average Bonchev–Trinajstić information content (AvgIpc) is 3.05. The molecule has 0 amide bonds. The van der Waals surface area contributed by atoms with Gasteiger partial charge in [0.1, 0.15) is 0 Å². The van der Waals surface area contributed by atoms with E-state index in [1.54, 1.807) is 0 Å². The Labute approximate surface area is 127 Å². The molecule has 0 bridgehead atoms. The molecule has 0 aliphatic heterocycles. The maximum Gasteiger partial charge on any atom is 0.259 e. The number of nitrogens with zero attached hydrogens (tertiary/aromatic N) is 2. The number of para-hydroxylation sites is 1. The Morgan fingerprint density at radius 2 is 1.95 bits per heavy atom. The van der Waals surface area contributed by atoms with Crippen molar-refractivity contribution in [1.82, 2.24) is 15.1 Å². The fraction of sp³-hybridized carbons (Fsp3) is 0.353. The second kappa shape index (κ2) is 5.40. The van der Waals surface area contributed by atoms with Gasteiger partial charge in [-0.2, -0.15) is 4.98 Å². The van der Waals surface area contributed by atoms with Crippen molar-refractivity contribution in [3.8, 4) is 11.4 Å². The minimum Gasteiger partial charge on any atom is -0.339 e. The highest BCUT2D eigenvalue weighted by Crippen LogP contribution is 2.32. The molecule has 0 saturated heterocycles. The van der Waals surface area contributed by atoms with Gasteiger partial charge in [-0.1, -0.05) is 42.6 Å². The van der Waals surface area contributed by atoms with Gasteiger partial charge in [0.15, 0.2) is 0 Å². The zero-order valence-corrected chi connectivity index (χ0v) is 12.2. The summed E-state index contributed by atoms with van der Waals surface area (Å²) in [4.78, 5) is 19.6. The van der Waals surface area contributed by atoms with Crippen molar-refractivity contribution in [2.75, 3.05) is 0 Å². The summed E-state index contributed by atoms with van der Waals surface area (Å²) in [5.41, 5.74) is 1.09. The summed E-state index contributed by atoms with van der Waals surface area (Å²) < 4.78 is 5.41. The lowest BCUT2D eigenvalue weighted by molar-refractivity contribution is 0.314. The van der Waals surface area contributed by atoms with Crippen LogP contribution in [0.15, 0.2) is 39.6 Å². The Morgan fingerprint density at radius 1 is 1.14 bits per heavy atom. The monoisotopic (exact) mass is 295 g/mol. The van der Waals surface area contributed by atoms with Gasteiger partial charge in [-0.25, -0.2) is 0 Å². The van der Waals surface area contributed by atoms with Crippen molar-refractivity contribution in [2.24, 2.45) is 0 Å².